The van der Waals surface area contributed by atoms with Crippen molar-refractivity contribution in [2.75, 3.05) is 18.0 Å². The van der Waals surface area contributed by atoms with Gasteiger partial charge in [-0.1, -0.05) is 13.8 Å². The molecule has 0 spiro atoms. The van der Waals surface area contributed by atoms with Gasteiger partial charge in [0.1, 0.15) is 5.82 Å². The van der Waals surface area contributed by atoms with E-state index in [2.05, 4.69) is 18.7 Å². The monoisotopic (exact) mass is 292 g/mol. The Morgan fingerprint density at radius 2 is 2.00 bits per heavy atom. The standard InChI is InChI=1S/C18H29FN2/c1-13(2)15-5-4-9-21(10-8-15)18-7-6-17(19)12-16(18)11-14(3)20/h6-7,12-15H,4-5,8-11,20H2,1-3H3. The van der Waals surface area contributed by atoms with Crippen LogP contribution in [0.25, 0.3) is 0 Å². The van der Waals surface area contributed by atoms with Crippen LogP contribution in [0.15, 0.2) is 18.2 Å². The van der Waals surface area contributed by atoms with E-state index >= 15 is 0 Å². The van der Waals surface area contributed by atoms with Crippen LogP contribution in [0.2, 0.25) is 0 Å². The molecule has 2 rings (SSSR count). The molecule has 2 unspecified atom stereocenters. The van der Waals surface area contributed by atoms with Gasteiger partial charge in [-0.3, -0.25) is 0 Å². The number of hydrogen-bond acceptors (Lipinski definition) is 2. The molecule has 0 aromatic heterocycles. The molecule has 118 valence electrons. The van der Waals surface area contributed by atoms with E-state index < -0.39 is 0 Å². The number of rotatable bonds is 4. The molecule has 3 heteroatoms. The third kappa shape index (κ3) is 4.44. The number of benzene rings is 1. The van der Waals surface area contributed by atoms with Gasteiger partial charge in [-0.15, -0.1) is 0 Å². The zero-order valence-corrected chi connectivity index (χ0v) is 13.6. The van der Waals surface area contributed by atoms with Crippen molar-refractivity contribution in [3.05, 3.63) is 29.6 Å². The highest BCUT2D eigenvalue weighted by molar-refractivity contribution is 5.54. The second kappa shape index (κ2) is 7.26. The fourth-order valence-electron chi connectivity index (χ4n) is 3.40. The molecule has 1 saturated heterocycles. The molecular formula is C18H29FN2. The molecule has 1 aliphatic heterocycles. The van der Waals surface area contributed by atoms with Gasteiger partial charge < -0.3 is 10.6 Å². The zero-order chi connectivity index (χ0) is 15.4. The molecule has 0 radical (unpaired) electrons. The Bertz CT molecular complexity index is 457. The van der Waals surface area contributed by atoms with Crippen molar-refractivity contribution in [1.29, 1.82) is 0 Å². The molecule has 2 atom stereocenters. The van der Waals surface area contributed by atoms with Gasteiger partial charge in [-0.25, -0.2) is 4.39 Å². The van der Waals surface area contributed by atoms with Crippen LogP contribution in [0.1, 0.15) is 45.6 Å². The van der Waals surface area contributed by atoms with Crippen molar-refractivity contribution in [3.8, 4) is 0 Å². The Balaban J connectivity index is 2.17. The van der Waals surface area contributed by atoms with E-state index in [9.17, 15) is 4.39 Å². The lowest BCUT2D eigenvalue weighted by molar-refractivity contribution is 0.351. The van der Waals surface area contributed by atoms with Crippen LogP contribution in [0.4, 0.5) is 10.1 Å². The largest absolute Gasteiger partial charge is 0.371 e. The number of nitrogens with zero attached hydrogens (tertiary/aromatic N) is 1. The van der Waals surface area contributed by atoms with Crippen molar-refractivity contribution in [1.82, 2.24) is 0 Å². The van der Waals surface area contributed by atoms with Gasteiger partial charge in [0.2, 0.25) is 0 Å². The van der Waals surface area contributed by atoms with Crippen LogP contribution in [0.3, 0.4) is 0 Å². The lowest BCUT2D eigenvalue weighted by Gasteiger charge is -2.26. The molecule has 0 saturated carbocycles. The van der Waals surface area contributed by atoms with E-state index in [1.165, 1.54) is 24.9 Å². The molecule has 21 heavy (non-hydrogen) atoms. The number of halogens is 1. The van der Waals surface area contributed by atoms with Crippen LogP contribution in [-0.4, -0.2) is 19.1 Å². The maximum atomic E-state index is 13.6. The first kappa shape index (κ1) is 16.3. The Kier molecular flexibility index (Phi) is 5.63. The highest BCUT2D eigenvalue weighted by Gasteiger charge is 2.21. The molecule has 2 N–H and O–H groups in total. The molecule has 0 amide bonds. The summed E-state index contributed by atoms with van der Waals surface area (Å²) in [5.41, 5.74) is 8.15. The Morgan fingerprint density at radius 1 is 1.24 bits per heavy atom. The van der Waals surface area contributed by atoms with Gasteiger partial charge in [-0.05, 0) is 68.2 Å². The second-order valence-electron chi connectivity index (χ2n) is 6.88. The summed E-state index contributed by atoms with van der Waals surface area (Å²) < 4.78 is 13.6. The maximum absolute atomic E-state index is 13.6. The van der Waals surface area contributed by atoms with Gasteiger partial charge in [0.05, 0.1) is 0 Å². The molecule has 1 fully saturated rings. The summed E-state index contributed by atoms with van der Waals surface area (Å²) in [5.74, 6) is 1.40. The minimum Gasteiger partial charge on any atom is -0.371 e. The molecule has 1 aromatic rings. The van der Waals surface area contributed by atoms with Gasteiger partial charge in [0, 0.05) is 24.8 Å². The van der Waals surface area contributed by atoms with Crippen molar-refractivity contribution >= 4 is 5.69 Å². The molecular weight excluding hydrogens is 263 g/mol. The van der Waals surface area contributed by atoms with Crippen molar-refractivity contribution in [3.63, 3.8) is 0 Å². The number of hydrogen-bond donors (Lipinski definition) is 1. The van der Waals surface area contributed by atoms with Crippen molar-refractivity contribution < 1.29 is 4.39 Å². The lowest BCUT2D eigenvalue weighted by atomic mass is 9.89. The van der Waals surface area contributed by atoms with Gasteiger partial charge in [0.15, 0.2) is 0 Å². The van der Waals surface area contributed by atoms with Crippen LogP contribution in [-0.2, 0) is 6.42 Å². The molecule has 2 nitrogen and oxygen atoms in total. The Hall–Kier alpha value is -1.09. The first-order valence-corrected chi connectivity index (χ1v) is 8.26. The second-order valence-corrected chi connectivity index (χ2v) is 6.88. The first-order chi connectivity index (χ1) is 9.97. The van der Waals surface area contributed by atoms with E-state index in [1.54, 1.807) is 12.1 Å². The Labute approximate surface area is 128 Å². The zero-order valence-electron chi connectivity index (χ0n) is 13.6. The fraction of sp³-hybridized carbons (Fsp3) is 0.667. The van der Waals surface area contributed by atoms with Crippen LogP contribution < -0.4 is 10.6 Å². The summed E-state index contributed by atoms with van der Waals surface area (Å²) in [6, 6.07) is 5.22. The molecule has 1 aliphatic rings. The highest BCUT2D eigenvalue weighted by Crippen LogP contribution is 2.29. The predicted molar refractivity (Wildman–Crippen MR) is 88.1 cm³/mol. The van der Waals surface area contributed by atoms with E-state index in [1.807, 2.05) is 13.0 Å². The van der Waals surface area contributed by atoms with Gasteiger partial charge in [-0.2, -0.15) is 0 Å². The number of nitrogens with two attached hydrogens (primary N) is 1. The average molecular weight is 292 g/mol. The topological polar surface area (TPSA) is 29.3 Å². The highest BCUT2D eigenvalue weighted by atomic mass is 19.1. The molecule has 0 aliphatic carbocycles. The summed E-state index contributed by atoms with van der Waals surface area (Å²) in [6.07, 6.45) is 4.49. The van der Waals surface area contributed by atoms with Crippen LogP contribution in [0, 0.1) is 17.7 Å². The van der Waals surface area contributed by atoms with Gasteiger partial charge in [0.25, 0.3) is 0 Å². The Morgan fingerprint density at radius 3 is 2.67 bits per heavy atom. The van der Waals surface area contributed by atoms with Crippen molar-refractivity contribution in [2.45, 2.75) is 52.5 Å². The van der Waals surface area contributed by atoms with Gasteiger partial charge >= 0.3 is 0 Å². The maximum Gasteiger partial charge on any atom is 0.123 e. The quantitative estimate of drug-likeness (QED) is 0.909. The SMILES string of the molecule is CC(N)Cc1cc(F)ccc1N1CCCC(C(C)C)CC1. The average Bonchev–Trinajstić information content (AvgIpc) is 2.64. The lowest BCUT2D eigenvalue weighted by Crippen LogP contribution is -2.27. The summed E-state index contributed by atoms with van der Waals surface area (Å²) in [7, 11) is 0. The van der Waals surface area contributed by atoms with Crippen LogP contribution in [0.5, 0.6) is 0 Å². The van der Waals surface area contributed by atoms with E-state index in [0.29, 0.717) is 0 Å². The van der Waals surface area contributed by atoms with E-state index in [-0.39, 0.29) is 11.9 Å². The van der Waals surface area contributed by atoms with Crippen molar-refractivity contribution in [2.24, 2.45) is 17.6 Å². The normalized spacial score (nSPS) is 21.4. The summed E-state index contributed by atoms with van der Waals surface area (Å²) in [4.78, 5) is 2.43. The molecule has 1 heterocycles. The third-order valence-corrected chi connectivity index (χ3v) is 4.64. The summed E-state index contributed by atoms with van der Waals surface area (Å²) in [5, 5.41) is 0. The smallest absolute Gasteiger partial charge is 0.123 e. The molecule has 1 aromatic carbocycles. The van der Waals surface area contributed by atoms with Crippen LogP contribution >= 0.6 is 0 Å². The minimum atomic E-state index is -0.163. The summed E-state index contributed by atoms with van der Waals surface area (Å²) >= 11 is 0. The molecule has 0 bridgehead atoms. The fourth-order valence-corrected chi connectivity index (χ4v) is 3.40. The van der Waals surface area contributed by atoms with E-state index in [4.69, 9.17) is 5.73 Å². The first-order valence-electron chi connectivity index (χ1n) is 8.26. The third-order valence-electron chi connectivity index (χ3n) is 4.64. The predicted octanol–water partition coefficient (Wildman–Crippen LogP) is 3.98. The summed E-state index contributed by atoms with van der Waals surface area (Å²) in [6.45, 7) is 8.76. The van der Waals surface area contributed by atoms with E-state index in [0.717, 1.165) is 36.9 Å². The minimum absolute atomic E-state index is 0.0564. The number of anilines is 1.